The molecule has 0 radical (unpaired) electrons. The number of alkyl halides is 1. The summed E-state index contributed by atoms with van der Waals surface area (Å²) in [5, 5.41) is 18.7. The zero-order valence-electron chi connectivity index (χ0n) is 22.8. The smallest absolute Gasteiger partial charge is 0.198 e. The van der Waals surface area contributed by atoms with Crippen molar-refractivity contribution in [3.8, 4) is 5.75 Å². The van der Waals surface area contributed by atoms with E-state index >= 15 is 0 Å². The summed E-state index contributed by atoms with van der Waals surface area (Å²) in [4.78, 5) is 4.60. The maximum absolute atomic E-state index is 12.6. The minimum absolute atomic E-state index is 0.0445. The molecule has 2 bridgehead atoms. The molecule has 0 aliphatic carbocycles. The van der Waals surface area contributed by atoms with Gasteiger partial charge in [-0.1, -0.05) is 54.6 Å². The summed E-state index contributed by atoms with van der Waals surface area (Å²) < 4.78 is 5.12. The Balaban J connectivity index is 1.42. The van der Waals surface area contributed by atoms with Gasteiger partial charge in [-0.2, -0.15) is 0 Å². The molecule has 0 saturated carbocycles. The summed E-state index contributed by atoms with van der Waals surface area (Å²) in [5.74, 6) is 1.70. The first-order valence-corrected chi connectivity index (χ1v) is 14.9. The largest absolute Gasteiger partial charge is 0.497 e. The van der Waals surface area contributed by atoms with Crippen LogP contribution in [0.2, 0.25) is 0 Å². The van der Waals surface area contributed by atoms with Gasteiger partial charge in [-0.15, -0.1) is 6.58 Å². The number of nitrogens with zero attached hydrogens (tertiary/aromatic N) is 2. The maximum atomic E-state index is 12.6. The topological polar surface area (TPSA) is 42.4 Å². The third-order valence-corrected chi connectivity index (χ3v) is 10.7. The number of piperidine rings is 3. The van der Waals surface area contributed by atoms with Crippen molar-refractivity contribution in [3.05, 3.63) is 109 Å². The van der Waals surface area contributed by atoms with Crippen LogP contribution in [0.3, 0.4) is 0 Å². The predicted octanol–water partition coefficient (Wildman–Crippen LogP) is 7.70. The van der Waals surface area contributed by atoms with Crippen molar-refractivity contribution in [1.82, 2.24) is 4.98 Å². The van der Waals surface area contributed by atoms with Crippen LogP contribution in [0, 0.1) is 11.8 Å². The van der Waals surface area contributed by atoms with E-state index in [1.807, 2.05) is 30.5 Å². The quantitative estimate of drug-likeness (QED) is 0.0949. The molecule has 5 atom stereocenters. The second-order valence-corrected chi connectivity index (χ2v) is 12.9. The number of aliphatic hydroxyl groups is 1. The first-order valence-electron chi connectivity index (χ1n) is 14.2. The zero-order valence-corrected chi connectivity index (χ0v) is 24.3. The summed E-state index contributed by atoms with van der Waals surface area (Å²) in [5.41, 5.74) is 3.07. The lowest BCUT2D eigenvalue weighted by Gasteiger charge is -2.59. The number of benzene rings is 4. The normalized spacial score (nSPS) is 25.7. The molecule has 1 aromatic heterocycles. The first-order chi connectivity index (χ1) is 19.4. The summed E-state index contributed by atoms with van der Waals surface area (Å²) >= 11 is 3.96. The average Bonchev–Trinajstić information content (AvgIpc) is 3.00. The molecule has 5 heteroatoms. The Hall–Kier alpha value is -3.25. The molecule has 0 amide bonds. The van der Waals surface area contributed by atoms with E-state index < -0.39 is 4.51 Å². The van der Waals surface area contributed by atoms with Crippen LogP contribution in [-0.4, -0.2) is 40.8 Å². The Morgan fingerprint density at radius 1 is 1.02 bits per heavy atom. The molecule has 8 rings (SSSR count). The van der Waals surface area contributed by atoms with E-state index in [4.69, 9.17) is 4.74 Å². The van der Waals surface area contributed by atoms with Gasteiger partial charge in [0.25, 0.3) is 0 Å². The average molecular weight is 595 g/mol. The molecule has 0 spiro atoms. The number of methoxy groups -OCH3 is 1. The minimum atomic E-state index is -1.24. The molecule has 3 saturated heterocycles. The van der Waals surface area contributed by atoms with E-state index in [1.54, 1.807) is 7.11 Å². The number of halogens is 1. The minimum Gasteiger partial charge on any atom is -0.497 e. The standard InChI is InChI=1S/C35H34BrN2O2/c1-3-23-21-38(22-31-28-10-6-4-8-25(28)18-26-9-5-7-11-29(26)31)17-15-24(23)19-34(38)35(36,39)32-14-16-37-33-13-12-27(40-2)20-30(32)33/h3-14,16,18,20,23-24,34,39H,1,15,17,19,21-22H2,2H3/q+1/t23?,24?,34-,35-,38?/m0/s1. The monoisotopic (exact) mass is 593 g/mol. The van der Waals surface area contributed by atoms with Gasteiger partial charge in [0.05, 0.1) is 25.7 Å². The third-order valence-electron chi connectivity index (χ3n) is 9.74. The summed E-state index contributed by atoms with van der Waals surface area (Å²) in [7, 11) is 1.67. The Morgan fingerprint density at radius 2 is 1.75 bits per heavy atom. The van der Waals surface area contributed by atoms with Gasteiger partial charge in [0.2, 0.25) is 0 Å². The van der Waals surface area contributed by atoms with Crippen LogP contribution in [0.25, 0.3) is 32.4 Å². The Morgan fingerprint density at radius 3 is 2.45 bits per heavy atom. The number of hydrogen-bond donors (Lipinski definition) is 1. The van der Waals surface area contributed by atoms with E-state index in [0.29, 0.717) is 11.8 Å². The van der Waals surface area contributed by atoms with Crippen LogP contribution in [0.5, 0.6) is 5.75 Å². The maximum Gasteiger partial charge on any atom is 0.198 e. The number of hydrogen-bond acceptors (Lipinski definition) is 3. The molecule has 4 heterocycles. The Bertz CT molecular complexity index is 1710. The van der Waals surface area contributed by atoms with Crippen LogP contribution < -0.4 is 4.74 Å². The molecule has 3 aliphatic heterocycles. The van der Waals surface area contributed by atoms with Gasteiger partial charge in [-0.05, 0) is 73.7 Å². The second kappa shape index (κ2) is 9.69. The summed E-state index contributed by atoms with van der Waals surface area (Å²) in [6, 6.07) is 27.6. The zero-order chi connectivity index (χ0) is 27.5. The highest BCUT2D eigenvalue weighted by Crippen LogP contribution is 2.53. The van der Waals surface area contributed by atoms with Crippen molar-refractivity contribution in [3.63, 3.8) is 0 Å². The first kappa shape index (κ1) is 25.7. The fourth-order valence-electron chi connectivity index (χ4n) is 7.75. The Labute approximate surface area is 243 Å². The molecule has 4 nitrogen and oxygen atoms in total. The van der Waals surface area contributed by atoms with Gasteiger partial charge in [0.1, 0.15) is 18.3 Å². The highest BCUT2D eigenvalue weighted by atomic mass is 79.9. The molecule has 3 aliphatic rings. The summed E-state index contributed by atoms with van der Waals surface area (Å²) in [6.45, 7) is 7.09. The number of fused-ring (bicyclic) bond motifs is 6. The van der Waals surface area contributed by atoms with Crippen LogP contribution >= 0.6 is 15.9 Å². The third kappa shape index (κ3) is 3.98. The van der Waals surface area contributed by atoms with Crippen molar-refractivity contribution < 1.29 is 14.3 Å². The van der Waals surface area contributed by atoms with Gasteiger partial charge in [-0.25, -0.2) is 0 Å². The molecule has 5 aromatic rings. The van der Waals surface area contributed by atoms with Gasteiger partial charge in [0, 0.05) is 41.5 Å². The molecule has 1 N–H and O–H groups in total. The fraction of sp³-hybridized carbons (Fsp3) is 0.286. The molecule has 40 heavy (non-hydrogen) atoms. The van der Waals surface area contributed by atoms with Crippen LogP contribution in [0.15, 0.2) is 97.7 Å². The number of ether oxygens (including phenoxy) is 1. The van der Waals surface area contributed by atoms with Gasteiger partial charge in [0.15, 0.2) is 4.51 Å². The number of pyridine rings is 1. The number of rotatable bonds is 6. The van der Waals surface area contributed by atoms with E-state index in [1.165, 1.54) is 27.1 Å². The van der Waals surface area contributed by atoms with Crippen molar-refractivity contribution in [2.24, 2.45) is 11.8 Å². The molecular weight excluding hydrogens is 560 g/mol. The van der Waals surface area contributed by atoms with Crippen molar-refractivity contribution >= 4 is 48.4 Å². The van der Waals surface area contributed by atoms with Crippen molar-refractivity contribution in [1.29, 1.82) is 0 Å². The molecular formula is C35H34BrN2O2+. The van der Waals surface area contributed by atoms with Crippen LogP contribution in [-0.2, 0) is 11.1 Å². The van der Waals surface area contributed by atoms with Gasteiger partial charge >= 0.3 is 0 Å². The number of quaternary nitrogens is 1. The highest BCUT2D eigenvalue weighted by Gasteiger charge is 2.59. The van der Waals surface area contributed by atoms with Crippen molar-refractivity contribution in [2.45, 2.75) is 29.9 Å². The van der Waals surface area contributed by atoms with E-state index in [-0.39, 0.29) is 6.04 Å². The van der Waals surface area contributed by atoms with Crippen LogP contribution in [0.4, 0.5) is 0 Å². The van der Waals surface area contributed by atoms with Gasteiger partial charge in [-0.3, -0.25) is 4.98 Å². The van der Waals surface area contributed by atoms with E-state index in [0.717, 1.165) is 59.2 Å². The SMILES string of the molecule is C=CC1C[N+]2(Cc3c4ccccc4cc4ccccc34)CCC1C[C@H]2[C@](O)(Br)c1ccnc2ccc(OC)cc12. The molecule has 3 fully saturated rings. The van der Waals surface area contributed by atoms with Crippen molar-refractivity contribution in [2.75, 3.05) is 20.2 Å². The lowest BCUT2D eigenvalue weighted by molar-refractivity contribution is -0.985. The highest BCUT2D eigenvalue weighted by molar-refractivity contribution is 9.09. The fourth-order valence-corrected chi connectivity index (χ4v) is 8.72. The molecule has 4 aromatic carbocycles. The van der Waals surface area contributed by atoms with E-state index in [2.05, 4.69) is 88.2 Å². The second-order valence-electron chi connectivity index (χ2n) is 11.7. The van der Waals surface area contributed by atoms with Crippen LogP contribution in [0.1, 0.15) is 24.0 Å². The lowest BCUT2D eigenvalue weighted by Crippen LogP contribution is -2.70. The summed E-state index contributed by atoms with van der Waals surface area (Å²) in [6.07, 6.45) is 6.04. The Kier molecular flexibility index (Phi) is 6.23. The lowest BCUT2D eigenvalue weighted by atomic mass is 9.70. The molecule has 202 valence electrons. The predicted molar refractivity (Wildman–Crippen MR) is 166 cm³/mol. The van der Waals surface area contributed by atoms with Gasteiger partial charge < -0.3 is 14.3 Å². The molecule has 3 unspecified atom stereocenters. The number of aromatic nitrogens is 1. The van der Waals surface area contributed by atoms with E-state index in [9.17, 15) is 5.11 Å².